The molecule has 148 valence electrons. The van der Waals surface area contributed by atoms with Crippen molar-refractivity contribution in [3.05, 3.63) is 0 Å². The number of hydrogen-bond acceptors (Lipinski definition) is 5. The largest absolute Gasteiger partial charge is 0.471 e. The molecule has 0 aromatic carbocycles. The van der Waals surface area contributed by atoms with Gasteiger partial charge in [0.05, 0.1) is 6.61 Å². The van der Waals surface area contributed by atoms with Gasteiger partial charge in [-0.25, -0.2) is 0 Å². The first-order chi connectivity index (χ1) is 11.4. The minimum absolute atomic E-state index is 0.139. The van der Waals surface area contributed by atoms with E-state index in [1.807, 2.05) is 6.92 Å². The van der Waals surface area contributed by atoms with Gasteiger partial charge in [0.25, 0.3) is 0 Å². The lowest BCUT2D eigenvalue weighted by atomic mass is 10.2. The van der Waals surface area contributed by atoms with Gasteiger partial charge in [-0.05, 0) is 19.1 Å². The molecule has 0 rings (SSSR count). The average molecular weight is 409 g/mol. The standard InChI is InChI=1S/C13H23F3NO6PS/c1-3-5-6-7-8-25-12(24(20,21)22)17(9-10(18)23-4-2)11(19)13(14,15)16/h12H,3-9H2,1-2H3,(H2,20,21,22). The van der Waals surface area contributed by atoms with E-state index in [1.165, 1.54) is 6.92 Å². The topological polar surface area (TPSA) is 104 Å². The van der Waals surface area contributed by atoms with Crippen molar-refractivity contribution >= 4 is 31.2 Å². The summed E-state index contributed by atoms with van der Waals surface area (Å²) < 4.78 is 54.4. The number of thioether (sulfide) groups is 1. The van der Waals surface area contributed by atoms with Crippen LogP contribution in [0.1, 0.15) is 39.5 Å². The van der Waals surface area contributed by atoms with Gasteiger partial charge >= 0.3 is 25.6 Å². The zero-order chi connectivity index (χ0) is 19.7. The van der Waals surface area contributed by atoms with E-state index in [0.717, 1.165) is 19.3 Å². The van der Waals surface area contributed by atoms with Crippen LogP contribution in [0.2, 0.25) is 0 Å². The summed E-state index contributed by atoms with van der Waals surface area (Å²) in [5, 5.41) is -2.10. The molecule has 0 aliphatic carbocycles. The average Bonchev–Trinajstić information content (AvgIpc) is 2.46. The molecule has 7 nitrogen and oxygen atoms in total. The number of alkyl halides is 3. The van der Waals surface area contributed by atoms with Crippen LogP contribution in [-0.2, 0) is 18.9 Å². The van der Waals surface area contributed by atoms with Crippen molar-refractivity contribution in [2.24, 2.45) is 0 Å². The van der Waals surface area contributed by atoms with E-state index in [4.69, 9.17) is 0 Å². The van der Waals surface area contributed by atoms with Gasteiger partial charge in [-0.3, -0.25) is 14.2 Å². The lowest BCUT2D eigenvalue weighted by molar-refractivity contribution is -0.186. The van der Waals surface area contributed by atoms with E-state index in [0.29, 0.717) is 18.2 Å². The Morgan fingerprint density at radius 3 is 2.24 bits per heavy atom. The predicted octanol–water partition coefficient (Wildman–Crippen LogP) is 2.72. The van der Waals surface area contributed by atoms with E-state index >= 15 is 0 Å². The predicted molar refractivity (Wildman–Crippen MR) is 86.8 cm³/mol. The second-order valence-corrected chi connectivity index (χ2v) is 8.29. The number of hydrogen-bond donors (Lipinski definition) is 2. The Morgan fingerprint density at radius 2 is 1.80 bits per heavy atom. The van der Waals surface area contributed by atoms with E-state index < -0.39 is 37.3 Å². The van der Waals surface area contributed by atoms with Crippen LogP contribution in [0.3, 0.4) is 0 Å². The summed E-state index contributed by atoms with van der Waals surface area (Å²) in [6, 6.07) is 0. The highest BCUT2D eigenvalue weighted by atomic mass is 32.2. The number of rotatable bonds is 11. The molecular formula is C13H23F3NO6PS. The monoisotopic (exact) mass is 409 g/mol. The van der Waals surface area contributed by atoms with Crippen molar-refractivity contribution in [3.63, 3.8) is 0 Å². The molecule has 0 bridgehead atoms. The fraction of sp³-hybridized carbons (Fsp3) is 0.846. The van der Waals surface area contributed by atoms with Crippen molar-refractivity contribution in [1.29, 1.82) is 0 Å². The van der Waals surface area contributed by atoms with Crippen LogP contribution in [0.5, 0.6) is 0 Å². The third kappa shape index (κ3) is 9.48. The van der Waals surface area contributed by atoms with Crippen molar-refractivity contribution < 1.29 is 41.8 Å². The molecule has 0 fully saturated rings. The first kappa shape index (κ1) is 24.2. The van der Waals surface area contributed by atoms with Crippen LogP contribution < -0.4 is 0 Å². The molecule has 0 saturated carbocycles. The summed E-state index contributed by atoms with van der Waals surface area (Å²) in [6.07, 6.45) is -2.34. The Morgan fingerprint density at radius 1 is 1.20 bits per heavy atom. The molecule has 0 saturated heterocycles. The Bertz CT molecular complexity index is 485. The molecule has 0 aliphatic rings. The Kier molecular flexibility index (Phi) is 10.7. The lowest BCUT2D eigenvalue weighted by Crippen LogP contribution is -2.48. The third-order valence-electron chi connectivity index (χ3n) is 2.93. The summed E-state index contributed by atoms with van der Waals surface area (Å²) in [7, 11) is -5.13. The van der Waals surface area contributed by atoms with Crippen molar-refractivity contribution in [2.75, 3.05) is 18.9 Å². The fourth-order valence-electron chi connectivity index (χ4n) is 1.84. The second kappa shape index (κ2) is 11.1. The smallest absolute Gasteiger partial charge is 0.465 e. The molecular weight excluding hydrogens is 386 g/mol. The summed E-state index contributed by atoms with van der Waals surface area (Å²) >= 11 is 0.526. The number of halogens is 3. The first-order valence-corrected chi connectivity index (χ1v) is 10.4. The van der Waals surface area contributed by atoms with Crippen molar-refractivity contribution in [1.82, 2.24) is 4.90 Å². The van der Waals surface area contributed by atoms with Gasteiger partial charge in [-0.1, -0.05) is 26.2 Å². The molecule has 2 N–H and O–H groups in total. The highest BCUT2D eigenvalue weighted by molar-refractivity contribution is 8.05. The highest BCUT2D eigenvalue weighted by Crippen LogP contribution is 2.49. The molecule has 0 aromatic rings. The van der Waals surface area contributed by atoms with Gasteiger partial charge in [-0.2, -0.15) is 13.2 Å². The van der Waals surface area contributed by atoms with Crippen LogP contribution in [-0.4, -0.2) is 56.8 Å². The molecule has 1 amide bonds. The Labute approximate surface area is 148 Å². The van der Waals surface area contributed by atoms with Gasteiger partial charge in [0, 0.05) is 0 Å². The zero-order valence-corrected chi connectivity index (χ0v) is 15.7. The highest BCUT2D eigenvalue weighted by Gasteiger charge is 2.49. The summed E-state index contributed by atoms with van der Waals surface area (Å²) in [6.45, 7) is 2.03. The molecule has 0 aromatic heterocycles. The van der Waals surface area contributed by atoms with Crippen LogP contribution in [0.4, 0.5) is 13.2 Å². The zero-order valence-electron chi connectivity index (χ0n) is 14.0. The minimum Gasteiger partial charge on any atom is -0.465 e. The number of carbonyl (C=O) groups excluding carboxylic acids is 2. The van der Waals surface area contributed by atoms with E-state index in [1.54, 1.807) is 0 Å². The molecule has 0 heterocycles. The minimum atomic E-state index is -5.37. The SMILES string of the molecule is CCCCCCSC(N(CC(=O)OCC)C(=O)C(F)(F)F)P(=O)(O)O. The molecule has 25 heavy (non-hydrogen) atoms. The summed E-state index contributed by atoms with van der Waals surface area (Å²) in [4.78, 5) is 41.7. The van der Waals surface area contributed by atoms with Gasteiger partial charge in [0.2, 0.25) is 0 Å². The normalized spacial score (nSPS) is 13.4. The Balaban J connectivity index is 5.34. The number of esters is 1. The summed E-state index contributed by atoms with van der Waals surface area (Å²) in [5.41, 5.74) is 0. The second-order valence-electron chi connectivity index (χ2n) is 5.08. The van der Waals surface area contributed by atoms with E-state index in [-0.39, 0.29) is 17.3 Å². The quantitative estimate of drug-likeness (QED) is 0.234. The number of amides is 1. The first-order valence-electron chi connectivity index (χ1n) is 7.65. The lowest BCUT2D eigenvalue weighted by Gasteiger charge is -2.31. The van der Waals surface area contributed by atoms with Gasteiger partial charge in [0.15, 0.2) is 5.11 Å². The van der Waals surface area contributed by atoms with E-state index in [2.05, 4.69) is 4.74 Å². The van der Waals surface area contributed by atoms with Crippen LogP contribution in [0, 0.1) is 0 Å². The fourth-order valence-corrected chi connectivity index (χ4v) is 4.42. The van der Waals surface area contributed by atoms with Gasteiger partial charge in [0.1, 0.15) is 6.54 Å². The van der Waals surface area contributed by atoms with Crippen LogP contribution in [0.15, 0.2) is 0 Å². The number of unbranched alkanes of at least 4 members (excludes halogenated alkanes) is 3. The maximum Gasteiger partial charge on any atom is 0.471 e. The molecule has 0 spiro atoms. The molecule has 12 heteroatoms. The molecule has 0 radical (unpaired) electrons. The maximum atomic E-state index is 12.8. The van der Waals surface area contributed by atoms with E-state index in [9.17, 15) is 37.1 Å². The van der Waals surface area contributed by atoms with Crippen LogP contribution >= 0.6 is 19.4 Å². The summed E-state index contributed by atoms with van der Waals surface area (Å²) in [5.74, 6) is -3.53. The van der Waals surface area contributed by atoms with Crippen molar-refractivity contribution in [3.8, 4) is 0 Å². The van der Waals surface area contributed by atoms with Gasteiger partial charge < -0.3 is 19.4 Å². The van der Waals surface area contributed by atoms with Gasteiger partial charge in [-0.15, -0.1) is 11.8 Å². The van der Waals surface area contributed by atoms with Crippen molar-refractivity contribution in [2.45, 2.75) is 50.8 Å². The van der Waals surface area contributed by atoms with Crippen LogP contribution in [0.25, 0.3) is 0 Å². The third-order valence-corrected chi connectivity index (χ3v) is 6.13. The molecule has 1 atom stereocenters. The molecule has 1 unspecified atom stereocenters. The number of ether oxygens (including phenoxy) is 1. The Hall–Kier alpha value is -0.770. The molecule has 0 aliphatic heterocycles. The maximum absolute atomic E-state index is 12.8. The number of carbonyl (C=O) groups is 2. The number of nitrogens with zero attached hydrogens (tertiary/aromatic N) is 1.